The second kappa shape index (κ2) is 6.39. The highest BCUT2D eigenvalue weighted by Crippen LogP contribution is 2.53. The summed E-state index contributed by atoms with van der Waals surface area (Å²) in [6.07, 6.45) is 8.58. The Labute approximate surface area is 133 Å². The fourth-order valence-electron chi connectivity index (χ4n) is 4.37. The zero-order chi connectivity index (χ0) is 14.9. The lowest BCUT2D eigenvalue weighted by Gasteiger charge is -2.58. The molecule has 0 bridgehead atoms. The number of hydrogen-bond acceptors (Lipinski definition) is 3. The minimum absolute atomic E-state index is 0.425. The van der Waals surface area contributed by atoms with Crippen LogP contribution in [-0.4, -0.2) is 18.8 Å². The largest absolute Gasteiger partial charge is 0.378 e. The molecule has 0 aromatic carbocycles. The van der Waals surface area contributed by atoms with Crippen molar-refractivity contribution in [3.8, 4) is 0 Å². The molecule has 118 valence electrons. The summed E-state index contributed by atoms with van der Waals surface area (Å²) in [6.45, 7) is 7.50. The van der Waals surface area contributed by atoms with E-state index in [1.807, 2.05) is 11.3 Å². The van der Waals surface area contributed by atoms with Crippen molar-refractivity contribution in [2.45, 2.75) is 77.5 Å². The van der Waals surface area contributed by atoms with Crippen molar-refractivity contribution in [3.05, 3.63) is 21.9 Å². The van der Waals surface area contributed by atoms with Gasteiger partial charge in [-0.15, -0.1) is 11.3 Å². The van der Waals surface area contributed by atoms with Gasteiger partial charge in [-0.3, -0.25) is 0 Å². The van der Waals surface area contributed by atoms with Crippen molar-refractivity contribution >= 4 is 11.3 Å². The second-order valence-corrected chi connectivity index (χ2v) is 8.18. The molecule has 3 atom stereocenters. The summed E-state index contributed by atoms with van der Waals surface area (Å²) in [6, 6.07) is 5.63. The number of rotatable bonds is 5. The molecule has 0 saturated heterocycles. The Morgan fingerprint density at radius 3 is 2.71 bits per heavy atom. The average molecular weight is 308 g/mol. The van der Waals surface area contributed by atoms with Crippen molar-refractivity contribution < 1.29 is 4.74 Å². The molecule has 2 aliphatic rings. The highest BCUT2D eigenvalue weighted by molar-refractivity contribution is 7.12. The highest BCUT2D eigenvalue weighted by Gasteiger charge is 2.55. The van der Waals surface area contributed by atoms with Gasteiger partial charge in [0.2, 0.25) is 0 Å². The molecule has 0 radical (unpaired) electrons. The van der Waals surface area contributed by atoms with E-state index >= 15 is 0 Å². The number of aryl methyl sites for hydroxylation is 1. The summed E-state index contributed by atoms with van der Waals surface area (Å²) in [5.41, 5.74) is 0.425. The molecule has 1 aromatic heterocycles. The van der Waals surface area contributed by atoms with Crippen LogP contribution in [0, 0.1) is 12.3 Å². The summed E-state index contributed by atoms with van der Waals surface area (Å²) in [5.74, 6) is 0. The summed E-state index contributed by atoms with van der Waals surface area (Å²) in [4.78, 5) is 2.88. The Kier molecular flexibility index (Phi) is 4.72. The van der Waals surface area contributed by atoms with Gasteiger partial charge in [0.05, 0.1) is 6.10 Å². The molecule has 1 spiro atoms. The second-order valence-electron chi connectivity index (χ2n) is 6.86. The lowest BCUT2D eigenvalue weighted by Crippen LogP contribution is -2.64. The van der Waals surface area contributed by atoms with Crippen molar-refractivity contribution in [1.29, 1.82) is 0 Å². The minimum Gasteiger partial charge on any atom is -0.378 e. The van der Waals surface area contributed by atoms with Crippen molar-refractivity contribution in [3.63, 3.8) is 0 Å². The Morgan fingerprint density at radius 2 is 2.10 bits per heavy atom. The third-order valence-corrected chi connectivity index (χ3v) is 6.76. The SMILES string of the molecule is CCOC1CC(NC(C)c2ccc(C)s2)C12CCCCC2. The van der Waals surface area contributed by atoms with Crippen molar-refractivity contribution in [2.75, 3.05) is 6.61 Å². The lowest BCUT2D eigenvalue weighted by atomic mass is 9.55. The standard InChI is InChI=1S/C18H29NOS/c1-4-20-17-12-16(18(17)10-6-5-7-11-18)19-14(3)15-9-8-13(2)21-15/h8-9,14,16-17,19H,4-7,10-12H2,1-3H3. The van der Waals surface area contributed by atoms with Crippen LogP contribution in [0.15, 0.2) is 12.1 Å². The topological polar surface area (TPSA) is 21.3 Å². The maximum Gasteiger partial charge on any atom is 0.0661 e. The van der Waals surface area contributed by atoms with E-state index in [9.17, 15) is 0 Å². The smallest absolute Gasteiger partial charge is 0.0661 e. The number of nitrogens with one attached hydrogen (secondary N) is 1. The van der Waals surface area contributed by atoms with Crippen LogP contribution in [0.25, 0.3) is 0 Å². The molecule has 1 aromatic rings. The van der Waals surface area contributed by atoms with Gasteiger partial charge >= 0.3 is 0 Å². The summed E-state index contributed by atoms with van der Waals surface area (Å²) in [7, 11) is 0. The highest BCUT2D eigenvalue weighted by atomic mass is 32.1. The van der Waals surface area contributed by atoms with E-state index in [0.29, 0.717) is 23.6 Å². The van der Waals surface area contributed by atoms with E-state index in [0.717, 1.165) is 6.61 Å². The van der Waals surface area contributed by atoms with E-state index in [-0.39, 0.29) is 0 Å². The zero-order valence-corrected chi connectivity index (χ0v) is 14.5. The Hall–Kier alpha value is -0.380. The summed E-state index contributed by atoms with van der Waals surface area (Å²) in [5, 5.41) is 3.93. The molecule has 2 fully saturated rings. The summed E-state index contributed by atoms with van der Waals surface area (Å²) >= 11 is 1.92. The molecule has 3 heteroatoms. The molecule has 2 aliphatic carbocycles. The van der Waals surface area contributed by atoms with Gasteiger partial charge in [-0.25, -0.2) is 0 Å². The Balaban J connectivity index is 1.67. The average Bonchev–Trinajstić information content (AvgIpc) is 2.93. The third-order valence-electron chi connectivity index (χ3n) is 5.58. The maximum absolute atomic E-state index is 6.06. The van der Waals surface area contributed by atoms with Gasteiger partial charge in [0.15, 0.2) is 0 Å². The molecule has 1 N–H and O–H groups in total. The van der Waals surface area contributed by atoms with Crippen LogP contribution in [0.5, 0.6) is 0 Å². The fraction of sp³-hybridized carbons (Fsp3) is 0.778. The van der Waals surface area contributed by atoms with E-state index in [1.165, 1.54) is 48.3 Å². The lowest BCUT2D eigenvalue weighted by molar-refractivity contribution is -0.151. The molecule has 1 heterocycles. The van der Waals surface area contributed by atoms with Gasteiger partial charge in [-0.05, 0) is 52.2 Å². The molecule has 0 aliphatic heterocycles. The molecule has 21 heavy (non-hydrogen) atoms. The number of ether oxygens (including phenoxy) is 1. The molecule has 3 unspecified atom stereocenters. The minimum atomic E-state index is 0.425. The molecule has 3 rings (SSSR count). The van der Waals surface area contributed by atoms with Gasteiger partial charge in [0, 0.05) is 33.9 Å². The molecular weight excluding hydrogens is 278 g/mol. The first kappa shape index (κ1) is 15.5. The molecule has 2 saturated carbocycles. The predicted molar refractivity (Wildman–Crippen MR) is 89.9 cm³/mol. The summed E-state index contributed by atoms with van der Waals surface area (Å²) < 4.78 is 6.06. The third kappa shape index (κ3) is 2.93. The first-order chi connectivity index (χ1) is 10.2. The zero-order valence-electron chi connectivity index (χ0n) is 13.7. The van der Waals surface area contributed by atoms with Crippen LogP contribution < -0.4 is 5.32 Å². The van der Waals surface area contributed by atoms with Crippen LogP contribution >= 0.6 is 11.3 Å². The monoisotopic (exact) mass is 307 g/mol. The fourth-order valence-corrected chi connectivity index (χ4v) is 5.26. The van der Waals surface area contributed by atoms with E-state index < -0.39 is 0 Å². The van der Waals surface area contributed by atoms with Crippen molar-refractivity contribution in [2.24, 2.45) is 5.41 Å². The van der Waals surface area contributed by atoms with Crippen LogP contribution in [0.3, 0.4) is 0 Å². The van der Waals surface area contributed by atoms with Crippen LogP contribution in [0.1, 0.15) is 68.2 Å². The van der Waals surface area contributed by atoms with Gasteiger partial charge in [0.1, 0.15) is 0 Å². The van der Waals surface area contributed by atoms with E-state index in [1.54, 1.807) is 0 Å². The van der Waals surface area contributed by atoms with Crippen molar-refractivity contribution in [1.82, 2.24) is 5.32 Å². The van der Waals surface area contributed by atoms with Gasteiger partial charge in [-0.1, -0.05) is 19.3 Å². The Morgan fingerprint density at radius 1 is 1.33 bits per heavy atom. The Bertz CT molecular complexity index is 464. The molecular formula is C18H29NOS. The predicted octanol–water partition coefficient (Wildman–Crippen LogP) is 4.84. The maximum atomic E-state index is 6.06. The first-order valence-electron chi connectivity index (χ1n) is 8.59. The molecule has 0 amide bonds. The van der Waals surface area contributed by atoms with Crippen LogP contribution in [-0.2, 0) is 4.74 Å². The number of hydrogen-bond donors (Lipinski definition) is 1. The first-order valence-corrected chi connectivity index (χ1v) is 9.41. The quantitative estimate of drug-likeness (QED) is 0.841. The number of thiophene rings is 1. The van der Waals surface area contributed by atoms with E-state index in [2.05, 4.69) is 38.2 Å². The van der Waals surface area contributed by atoms with Crippen LogP contribution in [0.4, 0.5) is 0 Å². The van der Waals surface area contributed by atoms with Gasteiger partial charge in [0.25, 0.3) is 0 Å². The molecule has 2 nitrogen and oxygen atoms in total. The normalized spacial score (nSPS) is 29.3. The van der Waals surface area contributed by atoms with Crippen LogP contribution in [0.2, 0.25) is 0 Å². The van der Waals surface area contributed by atoms with Gasteiger partial charge in [-0.2, -0.15) is 0 Å². The van der Waals surface area contributed by atoms with Gasteiger partial charge < -0.3 is 10.1 Å². The van der Waals surface area contributed by atoms with E-state index in [4.69, 9.17) is 4.74 Å².